The Morgan fingerprint density at radius 3 is 2.21 bits per heavy atom. The molecule has 3 heteroatoms. The van der Waals surface area contributed by atoms with Crippen molar-refractivity contribution in [3.8, 4) is 11.5 Å². The number of hydrogen-bond acceptors (Lipinski definition) is 2. The maximum atomic E-state index is 9.89. The molecule has 0 radical (unpaired) electrons. The first kappa shape index (κ1) is 13.9. The summed E-state index contributed by atoms with van der Waals surface area (Å²) in [7, 11) is 0.391. The first-order chi connectivity index (χ1) is 8.88. The van der Waals surface area contributed by atoms with E-state index in [4.69, 9.17) is 0 Å². The molecule has 2 N–H and O–H groups in total. The number of aryl methyl sites for hydroxylation is 1. The molecule has 1 atom stereocenters. The molecular weight excluding hydrogens is 255 g/mol. The second kappa shape index (κ2) is 5.22. The molecule has 0 aromatic heterocycles. The lowest BCUT2D eigenvalue weighted by Gasteiger charge is -2.26. The molecule has 19 heavy (non-hydrogen) atoms. The summed E-state index contributed by atoms with van der Waals surface area (Å²) in [5.74, 6) is 0.441. The first-order valence-electron chi connectivity index (χ1n) is 6.26. The van der Waals surface area contributed by atoms with Gasteiger partial charge in [0.05, 0.1) is 0 Å². The Kier molecular flexibility index (Phi) is 3.82. The molecule has 2 aromatic carbocycles. The minimum absolute atomic E-state index is 0.0705. The molecule has 0 saturated heterocycles. The van der Waals surface area contributed by atoms with Gasteiger partial charge in [0, 0.05) is 10.5 Å². The van der Waals surface area contributed by atoms with Crippen molar-refractivity contribution in [1.82, 2.24) is 0 Å². The molecule has 0 amide bonds. The molecule has 0 aliphatic rings. The van der Waals surface area contributed by atoms with E-state index in [1.807, 2.05) is 0 Å². The molecule has 1 unspecified atom stereocenters. The summed E-state index contributed by atoms with van der Waals surface area (Å²) < 4.78 is 0. The standard InChI is InChI=1S/C16H19O2P/c1-11-4-6-12(7-5-11)16(2,3)19-15-10-13(17)8-9-14(15)18/h4-10,17-19H,1-3H3. The fourth-order valence-electron chi connectivity index (χ4n) is 2.00. The zero-order valence-corrected chi connectivity index (χ0v) is 12.4. The summed E-state index contributed by atoms with van der Waals surface area (Å²) in [6, 6.07) is 13.1. The molecule has 100 valence electrons. The van der Waals surface area contributed by atoms with E-state index in [1.165, 1.54) is 17.2 Å². The van der Waals surface area contributed by atoms with Gasteiger partial charge >= 0.3 is 0 Å². The van der Waals surface area contributed by atoms with Gasteiger partial charge in [0.15, 0.2) is 0 Å². The highest BCUT2D eigenvalue weighted by Gasteiger charge is 2.22. The van der Waals surface area contributed by atoms with Crippen LogP contribution in [0.15, 0.2) is 42.5 Å². The van der Waals surface area contributed by atoms with Crippen molar-refractivity contribution in [3.63, 3.8) is 0 Å². The van der Waals surface area contributed by atoms with Crippen LogP contribution in [0.25, 0.3) is 0 Å². The summed E-state index contributed by atoms with van der Waals surface area (Å²) in [4.78, 5) is 0. The third kappa shape index (κ3) is 3.27. The Morgan fingerprint density at radius 2 is 1.58 bits per heavy atom. The van der Waals surface area contributed by atoms with Crippen LogP contribution in [0.5, 0.6) is 11.5 Å². The normalized spacial score (nSPS) is 12.2. The second-order valence-electron chi connectivity index (χ2n) is 5.32. The maximum Gasteiger partial charge on any atom is 0.123 e. The van der Waals surface area contributed by atoms with Gasteiger partial charge in [-0.2, -0.15) is 0 Å². The van der Waals surface area contributed by atoms with Crippen molar-refractivity contribution < 1.29 is 10.2 Å². The minimum Gasteiger partial charge on any atom is -0.508 e. The minimum atomic E-state index is -0.0705. The highest BCUT2D eigenvalue weighted by molar-refractivity contribution is 7.48. The Bertz CT molecular complexity index is 574. The summed E-state index contributed by atoms with van der Waals surface area (Å²) in [6.07, 6.45) is 0. The molecular formula is C16H19O2P. The van der Waals surface area contributed by atoms with Crippen LogP contribution in [0.3, 0.4) is 0 Å². The van der Waals surface area contributed by atoms with Gasteiger partial charge in [-0.15, -0.1) is 0 Å². The lowest BCUT2D eigenvalue weighted by atomic mass is 10.0. The number of benzene rings is 2. The van der Waals surface area contributed by atoms with Gasteiger partial charge in [0.25, 0.3) is 0 Å². The van der Waals surface area contributed by atoms with E-state index >= 15 is 0 Å². The van der Waals surface area contributed by atoms with Crippen LogP contribution in [-0.2, 0) is 5.16 Å². The molecule has 0 aliphatic carbocycles. The van der Waals surface area contributed by atoms with Crippen molar-refractivity contribution in [1.29, 1.82) is 0 Å². The van der Waals surface area contributed by atoms with Gasteiger partial charge in [0.1, 0.15) is 11.5 Å². The number of phenolic OH excluding ortho intramolecular Hbond substituents is 2. The van der Waals surface area contributed by atoms with Crippen molar-refractivity contribution in [2.24, 2.45) is 0 Å². The van der Waals surface area contributed by atoms with E-state index in [0.717, 1.165) is 5.30 Å². The Morgan fingerprint density at radius 1 is 0.947 bits per heavy atom. The van der Waals surface area contributed by atoms with Crippen molar-refractivity contribution >= 4 is 13.9 Å². The van der Waals surface area contributed by atoms with E-state index in [0.29, 0.717) is 8.58 Å². The lowest BCUT2D eigenvalue weighted by Crippen LogP contribution is -2.14. The van der Waals surface area contributed by atoms with Crippen LogP contribution in [0, 0.1) is 6.92 Å². The predicted octanol–water partition coefficient (Wildman–Crippen LogP) is 3.65. The van der Waals surface area contributed by atoms with Crippen LogP contribution in [0.1, 0.15) is 25.0 Å². The van der Waals surface area contributed by atoms with E-state index < -0.39 is 0 Å². The fourth-order valence-corrected chi connectivity index (χ4v) is 3.42. The predicted molar refractivity (Wildman–Crippen MR) is 81.9 cm³/mol. The quantitative estimate of drug-likeness (QED) is 0.662. The molecule has 0 bridgehead atoms. The summed E-state index contributed by atoms with van der Waals surface area (Å²) in [6.45, 7) is 6.37. The zero-order valence-electron chi connectivity index (χ0n) is 11.4. The van der Waals surface area contributed by atoms with Crippen molar-refractivity contribution in [2.75, 3.05) is 0 Å². The monoisotopic (exact) mass is 274 g/mol. The van der Waals surface area contributed by atoms with Gasteiger partial charge in [-0.05, 0) is 30.7 Å². The fraction of sp³-hybridized carbons (Fsp3) is 0.250. The molecule has 0 fully saturated rings. The topological polar surface area (TPSA) is 40.5 Å². The van der Waals surface area contributed by atoms with Crippen LogP contribution in [0.4, 0.5) is 0 Å². The van der Waals surface area contributed by atoms with Gasteiger partial charge in [-0.3, -0.25) is 0 Å². The van der Waals surface area contributed by atoms with Gasteiger partial charge in [-0.1, -0.05) is 52.3 Å². The summed E-state index contributed by atoms with van der Waals surface area (Å²) in [5, 5.41) is 20.1. The third-order valence-electron chi connectivity index (χ3n) is 3.20. The highest BCUT2D eigenvalue weighted by atomic mass is 31.1. The van der Waals surface area contributed by atoms with Crippen molar-refractivity contribution in [3.05, 3.63) is 53.6 Å². The number of phenols is 2. The highest BCUT2D eigenvalue weighted by Crippen LogP contribution is 2.42. The SMILES string of the molecule is Cc1ccc(C(C)(C)Pc2cc(O)ccc2O)cc1. The third-order valence-corrected chi connectivity index (χ3v) is 4.78. The Labute approximate surface area is 115 Å². The molecule has 2 aromatic rings. The maximum absolute atomic E-state index is 9.89. The molecule has 2 rings (SSSR count). The van der Waals surface area contributed by atoms with Gasteiger partial charge in [0.2, 0.25) is 0 Å². The molecule has 0 saturated carbocycles. The van der Waals surface area contributed by atoms with E-state index in [9.17, 15) is 10.2 Å². The van der Waals surface area contributed by atoms with E-state index in [1.54, 1.807) is 12.1 Å². The van der Waals surface area contributed by atoms with Crippen LogP contribution < -0.4 is 5.30 Å². The number of rotatable bonds is 3. The lowest BCUT2D eigenvalue weighted by molar-refractivity contribution is 0.463. The smallest absolute Gasteiger partial charge is 0.123 e. The second-order valence-corrected chi connectivity index (χ2v) is 7.36. The largest absolute Gasteiger partial charge is 0.508 e. The molecule has 0 aliphatic heterocycles. The first-order valence-corrected chi connectivity index (χ1v) is 7.26. The van der Waals surface area contributed by atoms with Crippen LogP contribution >= 0.6 is 8.58 Å². The summed E-state index contributed by atoms with van der Waals surface area (Å²) >= 11 is 0. The zero-order chi connectivity index (χ0) is 14.0. The van der Waals surface area contributed by atoms with Crippen LogP contribution in [-0.4, -0.2) is 10.2 Å². The average Bonchev–Trinajstić information content (AvgIpc) is 2.34. The van der Waals surface area contributed by atoms with E-state index in [2.05, 4.69) is 45.0 Å². The van der Waals surface area contributed by atoms with Gasteiger partial charge < -0.3 is 10.2 Å². The van der Waals surface area contributed by atoms with Crippen LogP contribution in [0.2, 0.25) is 0 Å². The molecule has 0 heterocycles. The average molecular weight is 274 g/mol. The molecule has 2 nitrogen and oxygen atoms in total. The summed E-state index contributed by atoms with van der Waals surface area (Å²) in [5.41, 5.74) is 2.47. The number of aromatic hydroxyl groups is 2. The number of hydrogen-bond donors (Lipinski definition) is 2. The van der Waals surface area contributed by atoms with E-state index in [-0.39, 0.29) is 16.7 Å². The van der Waals surface area contributed by atoms with Gasteiger partial charge in [-0.25, -0.2) is 0 Å². The van der Waals surface area contributed by atoms with Crippen molar-refractivity contribution in [2.45, 2.75) is 25.9 Å². The molecule has 0 spiro atoms. The Balaban J connectivity index is 2.30. The Hall–Kier alpha value is -1.53.